The number of carboxylic acid groups (broad SMARTS) is 2. The van der Waals surface area contributed by atoms with E-state index in [2.05, 4.69) is 0 Å². The molecule has 0 spiro atoms. The van der Waals surface area contributed by atoms with Crippen LogP contribution in [0.15, 0.2) is 0 Å². The zero-order valence-corrected chi connectivity index (χ0v) is 11.2. The van der Waals surface area contributed by atoms with E-state index in [1.807, 2.05) is 0 Å². The number of hydrogen-bond donors (Lipinski definition) is 2. The molecule has 0 aromatic carbocycles. The minimum absolute atomic E-state index is 0. The van der Waals surface area contributed by atoms with Crippen molar-refractivity contribution in [2.24, 2.45) is 0 Å². The topological polar surface area (TPSA) is 74.6 Å². The van der Waals surface area contributed by atoms with E-state index in [1.54, 1.807) is 0 Å². The average Bonchev–Trinajstić information content (AvgIpc) is 2.29. The first kappa shape index (κ1) is 25.9. The summed E-state index contributed by atoms with van der Waals surface area (Å²) in [5, 5.41) is 16.9. The van der Waals surface area contributed by atoms with Crippen molar-refractivity contribution in [1.82, 2.24) is 0 Å². The first-order chi connectivity index (χ1) is 8.63. The summed E-state index contributed by atoms with van der Waals surface area (Å²) in [5.41, 5.74) is 0. The van der Waals surface area contributed by atoms with Gasteiger partial charge in [0.1, 0.15) is 0 Å². The van der Waals surface area contributed by atoms with Gasteiger partial charge in [0.05, 0.1) is 0 Å². The van der Waals surface area contributed by atoms with Crippen molar-refractivity contribution in [3.05, 3.63) is 0 Å². The Hall–Kier alpha value is 0.940. The summed E-state index contributed by atoms with van der Waals surface area (Å²) >= 11 is 0. The molecule has 0 aliphatic carbocycles. The van der Waals surface area contributed by atoms with E-state index in [0.717, 1.165) is 38.5 Å². The molecule has 4 nitrogen and oxygen atoms in total. The van der Waals surface area contributed by atoms with E-state index in [1.165, 1.54) is 25.7 Å². The number of carbonyl (C=O) groups is 2. The second-order valence-corrected chi connectivity index (χ2v) is 4.82. The molecule has 0 radical (unpaired) electrons. The van der Waals surface area contributed by atoms with Crippen molar-refractivity contribution in [3.63, 3.8) is 0 Å². The van der Waals surface area contributed by atoms with Crippen LogP contribution in [0.25, 0.3) is 0 Å². The van der Waals surface area contributed by atoms with Gasteiger partial charge in [0, 0.05) is 12.8 Å². The third-order valence-electron chi connectivity index (χ3n) is 3.03. The molecule has 2 N–H and O–H groups in total. The van der Waals surface area contributed by atoms with Crippen LogP contribution in [0.5, 0.6) is 0 Å². The summed E-state index contributed by atoms with van der Waals surface area (Å²) in [5.74, 6) is -1.40. The monoisotopic (exact) mass is 306 g/mol. The van der Waals surface area contributed by atoms with Gasteiger partial charge in [-0.1, -0.05) is 51.4 Å². The first-order valence-electron chi connectivity index (χ1n) is 7.06. The molecular formula is C14H28Na2O4. The molecule has 0 fully saturated rings. The van der Waals surface area contributed by atoms with Gasteiger partial charge in [-0.15, -0.1) is 0 Å². The molecule has 0 aromatic heterocycles. The molecule has 0 aliphatic heterocycles. The summed E-state index contributed by atoms with van der Waals surface area (Å²) in [4.78, 5) is 20.5. The van der Waals surface area contributed by atoms with Gasteiger partial charge in [-0.05, 0) is 12.8 Å². The molecule has 0 atom stereocenters. The first-order valence-corrected chi connectivity index (χ1v) is 7.06. The van der Waals surface area contributed by atoms with Crippen molar-refractivity contribution in [1.29, 1.82) is 0 Å². The summed E-state index contributed by atoms with van der Waals surface area (Å²) in [6.45, 7) is 0. The summed E-state index contributed by atoms with van der Waals surface area (Å²) in [7, 11) is 0. The minimum atomic E-state index is -0.698. The summed E-state index contributed by atoms with van der Waals surface area (Å²) in [6, 6.07) is 0. The van der Waals surface area contributed by atoms with E-state index in [9.17, 15) is 9.59 Å². The second-order valence-electron chi connectivity index (χ2n) is 4.82. The van der Waals surface area contributed by atoms with Gasteiger partial charge in [-0.2, -0.15) is 0 Å². The van der Waals surface area contributed by atoms with Gasteiger partial charge in [0.25, 0.3) is 0 Å². The molecule has 6 heteroatoms. The van der Waals surface area contributed by atoms with Gasteiger partial charge in [-0.25, -0.2) is 0 Å². The molecule has 0 saturated carbocycles. The van der Waals surface area contributed by atoms with E-state index in [4.69, 9.17) is 10.2 Å². The normalized spacial score (nSPS) is 9.40. The molecule has 0 heterocycles. The molecular weight excluding hydrogens is 278 g/mol. The summed E-state index contributed by atoms with van der Waals surface area (Å²) in [6.07, 6.45) is 11.3. The molecule has 20 heavy (non-hydrogen) atoms. The van der Waals surface area contributed by atoms with Crippen LogP contribution in [-0.2, 0) is 9.59 Å². The van der Waals surface area contributed by atoms with Crippen LogP contribution in [0.4, 0.5) is 0 Å². The molecule has 0 unspecified atom stereocenters. The van der Waals surface area contributed by atoms with Gasteiger partial charge in [0.15, 0.2) is 0 Å². The van der Waals surface area contributed by atoms with Crippen LogP contribution in [0.1, 0.15) is 77.0 Å². The fourth-order valence-corrected chi connectivity index (χ4v) is 1.97. The van der Waals surface area contributed by atoms with E-state index < -0.39 is 11.9 Å². The molecule has 0 aliphatic rings. The third-order valence-corrected chi connectivity index (χ3v) is 3.03. The van der Waals surface area contributed by atoms with Crippen molar-refractivity contribution in [2.75, 3.05) is 0 Å². The van der Waals surface area contributed by atoms with Crippen LogP contribution >= 0.6 is 0 Å². The van der Waals surface area contributed by atoms with Crippen molar-refractivity contribution in [3.8, 4) is 0 Å². The average molecular weight is 306 g/mol. The van der Waals surface area contributed by atoms with Crippen molar-refractivity contribution < 1.29 is 19.8 Å². The Morgan fingerprint density at radius 3 is 0.900 bits per heavy atom. The second kappa shape index (κ2) is 19.9. The zero-order valence-electron chi connectivity index (χ0n) is 11.2. The molecule has 0 rings (SSSR count). The Bertz CT molecular complexity index is 211. The number of hydrogen-bond acceptors (Lipinski definition) is 2. The number of aliphatic carboxylic acids is 2. The Morgan fingerprint density at radius 2 is 0.700 bits per heavy atom. The Morgan fingerprint density at radius 1 is 0.500 bits per heavy atom. The van der Waals surface area contributed by atoms with Gasteiger partial charge < -0.3 is 10.2 Å². The predicted molar refractivity (Wildman–Crippen MR) is 85.0 cm³/mol. The fraction of sp³-hybridized carbons (Fsp3) is 0.857. The zero-order chi connectivity index (χ0) is 13.6. The molecule has 0 bridgehead atoms. The van der Waals surface area contributed by atoms with E-state index in [-0.39, 0.29) is 59.1 Å². The Balaban J connectivity index is -0.00000144. The number of rotatable bonds is 13. The van der Waals surface area contributed by atoms with Crippen LogP contribution < -0.4 is 0 Å². The maximum absolute atomic E-state index is 10.3. The molecule has 0 saturated heterocycles. The molecule has 0 amide bonds. The van der Waals surface area contributed by atoms with Crippen molar-refractivity contribution in [2.45, 2.75) is 77.0 Å². The van der Waals surface area contributed by atoms with Crippen LogP contribution in [0.2, 0.25) is 0 Å². The van der Waals surface area contributed by atoms with Crippen LogP contribution in [0, 0.1) is 0 Å². The Kier molecular flexibility index (Phi) is 25.8. The van der Waals surface area contributed by atoms with Gasteiger partial charge in [0.2, 0.25) is 0 Å². The Labute approximate surface area is 166 Å². The number of unbranched alkanes of at least 4 members (excludes halogenated alkanes) is 9. The quantitative estimate of drug-likeness (QED) is 0.405. The number of carboxylic acids is 2. The van der Waals surface area contributed by atoms with E-state index >= 15 is 0 Å². The van der Waals surface area contributed by atoms with Crippen molar-refractivity contribution >= 4 is 71.1 Å². The van der Waals surface area contributed by atoms with E-state index in [0.29, 0.717) is 12.8 Å². The summed E-state index contributed by atoms with van der Waals surface area (Å²) < 4.78 is 0. The predicted octanol–water partition coefficient (Wildman–Crippen LogP) is 2.54. The fourth-order valence-electron chi connectivity index (χ4n) is 1.97. The van der Waals surface area contributed by atoms with Gasteiger partial charge >= 0.3 is 71.1 Å². The maximum atomic E-state index is 10.3. The molecule has 110 valence electrons. The van der Waals surface area contributed by atoms with Crippen LogP contribution in [-0.4, -0.2) is 81.3 Å². The van der Waals surface area contributed by atoms with Gasteiger partial charge in [-0.3, -0.25) is 9.59 Å². The SMILES string of the molecule is O=C(O)CCCCCCCCCCCCC(=O)O.[NaH].[NaH]. The third kappa shape index (κ3) is 24.0. The standard InChI is InChI=1S/C14H26O4.2Na.2H/c15-13(16)11-9-7-5-3-1-2-4-6-8-10-12-14(17)18;;;;/h1-12H2,(H,15,16)(H,17,18);;;;. The van der Waals surface area contributed by atoms with Crippen LogP contribution in [0.3, 0.4) is 0 Å². The molecule has 0 aromatic rings.